The second-order valence-corrected chi connectivity index (χ2v) is 7.76. The van der Waals surface area contributed by atoms with Crippen LogP contribution in [0.5, 0.6) is 0 Å². The Labute approximate surface area is 140 Å². The van der Waals surface area contributed by atoms with Crippen LogP contribution in [0.1, 0.15) is 46.1 Å². The molecule has 0 aliphatic carbocycles. The largest absolute Gasteiger partial charge is 0.494 e. The number of benzene rings is 1. The van der Waals surface area contributed by atoms with Crippen LogP contribution in [0, 0.1) is 0 Å². The molecule has 0 bridgehead atoms. The Bertz CT molecular complexity index is 526. The van der Waals surface area contributed by atoms with Gasteiger partial charge in [-0.25, -0.2) is 0 Å². The van der Waals surface area contributed by atoms with Crippen LogP contribution in [-0.4, -0.2) is 37.5 Å². The van der Waals surface area contributed by atoms with Crippen molar-refractivity contribution in [3.63, 3.8) is 0 Å². The van der Waals surface area contributed by atoms with Crippen molar-refractivity contribution >= 4 is 12.6 Å². The van der Waals surface area contributed by atoms with Gasteiger partial charge in [-0.3, -0.25) is 0 Å². The number of hydrogen-bond acceptors (Lipinski definition) is 4. The number of hydrogen-bond donors (Lipinski definition) is 2. The number of piperidine rings is 1. The molecular formula is C18H29BN2O2. The van der Waals surface area contributed by atoms with Crippen LogP contribution in [0.2, 0.25) is 0 Å². The molecule has 23 heavy (non-hydrogen) atoms. The van der Waals surface area contributed by atoms with Crippen molar-refractivity contribution < 1.29 is 9.31 Å². The first-order chi connectivity index (χ1) is 10.9. The molecule has 5 heteroatoms. The van der Waals surface area contributed by atoms with Crippen molar-refractivity contribution in [2.75, 3.05) is 13.1 Å². The molecule has 0 spiro atoms. The quantitative estimate of drug-likeness (QED) is 0.832. The standard InChI is InChI=1S/C18H29BN2O2/c1-17(2)18(3,4)23-19(22-17)15-8-5-7-14(11-15)12-21-16-9-6-10-20-13-16/h5,7-8,11,16,20-21H,6,9-10,12-13H2,1-4H3/t16-/m0/s1. The van der Waals surface area contributed by atoms with Crippen molar-refractivity contribution in [2.45, 2.75) is 64.3 Å². The maximum Gasteiger partial charge on any atom is 0.494 e. The van der Waals surface area contributed by atoms with E-state index in [9.17, 15) is 0 Å². The predicted molar refractivity (Wildman–Crippen MR) is 94.9 cm³/mol. The minimum Gasteiger partial charge on any atom is -0.399 e. The molecule has 2 saturated heterocycles. The van der Waals surface area contributed by atoms with E-state index in [1.807, 2.05) is 0 Å². The highest BCUT2D eigenvalue weighted by Crippen LogP contribution is 2.36. The average molecular weight is 316 g/mol. The Kier molecular flexibility index (Phi) is 4.84. The monoisotopic (exact) mass is 316 g/mol. The van der Waals surface area contributed by atoms with Crippen LogP contribution in [0.25, 0.3) is 0 Å². The summed E-state index contributed by atoms with van der Waals surface area (Å²) in [4.78, 5) is 0. The lowest BCUT2D eigenvalue weighted by Crippen LogP contribution is -2.42. The zero-order valence-corrected chi connectivity index (χ0v) is 14.8. The van der Waals surface area contributed by atoms with E-state index in [1.54, 1.807) is 0 Å². The lowest BCUT2D eigenvalue weighted by atomic mass is 9.78. The van der Waals surface area contributed by atoms with Crippen LogP contribution < -0.4 is 16.1 Å². The Morgan fingerprint density at radius 2 is 1.96 bits per heavy atom. The summed E-state index contributed by atoms with van der Waals surface area (Å²) in [5, 5.41) is 7.09. The lowest BCUT2D eigenvalue weighted by Gasteiger charge is -2.32. The molecule has 2 aliphatic heterocycles. The molecule has 1 aromatic rings. The van der Waals surface area contributed by atoms with E-state index in [0.29, 0.717) is 6.04 Å². The molecule has 0 aromatic heterocycles. The minimum absolute atomic E-state index is 0.281. The van der Waals surface area contributed by atoms with Gasteiger partial charge in [0.2, 0.25) is 0 Å². The first-order valence-electron chi connectivity index (χ1n) is 8.76. The molecule has 3 rings (SSSR count). The molecule has 1 atom stereocenters. The van der Waals surface area contributed by atoms with Gasteiger partial charge in [0.15, 0.2) is 0 Å². The second-order valence-electron chi connectivity index (χ2n) is 7.76. The highest BCUT2D eigenvalue weighted by atomic mass is 16.7. The fraction of sp³-hybridized carbons (Fsp3) is 0.667. The second kappa shape index (κ2) is 6.56. The molecule has 126 valence electrons. The fourth-order valence-electron chi connectivity index (χ4n) is 3.12. The first-order valence-corrected chi connectivity index (χ1v) is 8.76. The maximum atomic E-state index is 6.15. The molecule has 0 radical (unpaired) electrons. The molecule has 2 aliphatic rings. The molecule has 2 fully saturated rings. The van der Waals surface area contributed by atoms with Crippen molar-refractivity contribution in [3.05, 3.63) is 29.8 Å². The van der Waals surface area contributed by atoms with Crippen molar-refractivity contribution in [2.24, 2.45) is 0 Å². The smallest absolute Gasteiger partial charge is 0.399 e. The van der Waals surface area contributed by atoms with Gasteiger partial charge in [-0.2, -0.15) is 0 Å². The lowest BCUT2D eigenvalue weighted by molar-refractivity contribution is 0.00578. The minimum atomic E-state index is -0.292. The molecule has 0 unspecified atom stereocenters. The van der Waals surface area contributed by atoms with E-state index < -0.39 is 0 Å². The first kappa shape index (κ1) is 17.0. The van der Waals surface area contributed by atoms with Gasteiger partial charge < -0.3 is 19.9 Å². The van der Waals surface area contributed by atoms with Crippen molar-refractivity contribution in [1.29, 1.82) is 0 Å². The molecule has 0 saturated carbocycles. The molecule has 0 amide bonds. The Hall–Kier alpha value is -0.875. The van der Waals surface area contributed by atoms with E-state index in [1.165, 1.54) is 18.4 Å². The van der Waals surface area contributed by atoms with Gasteiger partial charge in [0, 0.05) is 19.1 Å². The third-order valence-electron chi connectivity index (χ3n) is 5.37. The molecular weight excluding hydrogens is 287 g/mol. The normalized spacial score (nSPS) is 26.4. The summed E-state index contributed by atoms with van der Waals surface area (Å²) in [7, 11) is -0.281. The number of nitrogens with one attached hydrogen (secondary N) is 2. The third-order valence-corrected chi connectivity index (χ3v) is 5.37. The summed E-state index contributed by atoms with van der Waals surface area (Å²) >= 11 is 0. The van der Waals surface area contributed by atoms with Gasteiger partial charge >= 0.3 is 7.12 Å². The van der Waals surface area contributed by atoms with Crippen LogP contribution in [0.4, 0.5) is 0 Å². The van der Waals surface area contributed by atoms with E-state index in [4.69, 9.17) is 9.31 Å². The zero-order chi connectivity index (χ0) is 16.5. The number of rotatable bonds is 4. The van der Waals surface area contributed by atoms with E-state index in [0.717, 1.165) is 25.1 Å². The topological polar surface area (TPSA) is 42.5 Å². The predicted octanol–water partition coefficient (Wildman–Crippen LogP) is 1.83. The van der Waals surface area contributed by atoms with Gasteiger partial charge in [-0.1, -0.05) is 24.3 Å². The van der Waals surface area contributed by atoms with Crippen LogP contribution in [0.3, 0.4) is 0 Å². The van der Waals surface area contributed by atoms with Crippen LogP contribution in [0.15, 0.2) is 24.3 Å². The van der Waals surface area contributed by atoms with Gasteiger partial charge in [0.1, 0.15) is 0 Å². The summed E-state index contributed by atoms with van der Waals surface area (Å²) in [5.74, 6) is 0. The van der Waals surface area contributed by atoms with Crippen LogP contribution in [-0.2, 0) is 15.9 Å². The average Bonchev–Trinajstić information content (AvgIpc) is 2.75. The highest BCUT2D eigenvalue weighted by molar-refractivity contribution is 6.62. The SMILES string of the molecule is CC1(C)OB(c2cccc(CN[C@H]3CCCNC3)c2)OC1(C)C. The molecule has 4 nitrogen and oxygen atoms in total. The fourth-order valence-corrected chi connectivity index (χ4v) is 3.12. The summed E-state index contributed by atoms with van der Waals surface area (Å²) in [6.07, 6.45) is 2.51. The summed E-state index contributed by atoms with van der Waals surface area (Å²) in [6.45, 7) is 11.5. The van der Waals surface area contributed by atoms with E-state index >= 15 is 0 Å². The summed E-state index contributed by atoms with van der Waals surface area (Å²) in [5.41, 5.74) is 1.80. The van der Waals surface area contributed by atoms with Gasteiger partial charge in [-0.15, -0.1) is 0 Å². The Morgan fingerprint density at radius 1 is 1.22 bits per heavy atom. The summed E-state index contributed by atoms with van der Waals surface area (Å²) < 4.78 is 12.3. The van der Waals surface area contributed by atoms with Crippen LogP contribution >= 0.6 is 0 Å². The van der Waals surface area contributed by atoms with Crippen molar-refractivity contribution in [1.82, 2.24) is 10.6 Å². The van der Waals surface area contributed by atoms with Gasteiger partial charge in [-0.05, 0) is 58.1 Å². The molecule has 2 heterocycles. The van der Waals surface area contributed by atoms with Gasteiger partial charge in [0.25, 0.3) is 0 Å². The van der Waals surface area contributed by atoms with E-state index in [2.05, 4.69) is 62.6 Å². The maximum absolute atomic E-state index is 6.15. The van der Waals surface area contributed by atoms with Gasteiger partial charge in [0.05, 0.1) is 11.2 Å². The highest BCUT2D eigenvalue weighted by Gasteiger charge is 2.51. The Balaban J connectivity index is 1.63. The van der Waals surface area contributed by atoms with Crippen molar-refractivity contribution in [3.8, 4) is 0 Å². The molecule has 1 aromatic carbocycles. The Morgan fingerprint density at radius 3 is 2.61 bits per heavy atom. The zero-order valence-electron chi connectivity index (χ0n) is 14.8. The molecule has 2 N–H and O–H groups in total. The van der Waals surface area contributed by atoms with E-state index in [-0.39, 0.29) is 18.3 Å². The third kappa shape index (κ3) is 3.79. The summed E-state index contributed by atoms with van der Waals surface area (Å²) in [6, 6.07) is 9.12.